The van der Waals surface area contributed by atoms with Crippen molar-refractivity contribution < 1.29 is 28.2 Å². The van der Waals surface area contributed by atoms with Gasteiger partial charge in [0.25, 0.3) is 11.9 Å². The Labute approximate surface area is 202 Å². The lowest BCUT2D eigenvalue weighted by molar-refractivity contribution is 0.0991. The van der Waals surface area contributed by atoms with Crippen LogP contribution < -0.4 is 29.5 Å². The lowest BCUT2D eigenvalue weighted by Gasteiger charge is -2.23. The van der Waals surface area contributed by atoms with Crippen molar-refractivity contribution in [3.63, 3.8) is 0 Å². The molecular formula is C26H33NO6Si. The van der Waals surface area contributed by atoms with E-state index < -0.39 is 14.0 Å². The van der Waals surface area contributed by atoms with Gasteiger partial charge in [-0.3, -0.25) is 4.79 Å². The topological polar surface area (TPSA) is 79.2 Å². The van der Waals surface area contributed by atoms with Crippen molar-refractivity contribution in [1.29, 1.82) is 0 Å². The molecule has 0 aliphatic heterocycles. The number of furan rings is 1. The molecule has 1 N–H and O–H groups in total. The number of carbonyl (C=O) groups is 1. The van der Waals surface area contributed by atoms with Crippen molar-refractivity contribution in [3.05, 3.63) is 53.8 Å². The zero-order valence-electron chi connectivity index (χ0n) is 20.9. The van der Waals surface area contributed by atoms with Crippen LogP contribution in [-0.2, 0) is 0 Å². The number of ether oxygens (including phenoxy) is 4. The van der Waals surface area contributed by atoms with E-state index in [0.29, 0.717) is 22.9 Å². The summed E-state index contributed by atoms with van der Waals surface area (Å²) in [6.07, 6.45) is 1.16. The predicted molar refractivity (Wildman–Crippen MR) is 136 cm³/mol. The molecular weight excluding hydrogens is 450 g/mol. The number of rotatable bonds is 10. The second-order valence-corrected chi connectivity index (χ2v) is 13.5. The maximum atomic E-state index is 12.9. The smallest absolute Gasteiger partial charge is 0.291 e. The number of amides is 1. The van der Waals surface area contributed by atoms with Crippen molar-refractivity contribution in [2.75, 3.05) is 26.6 Å². The van der Waals surface area contributed by atoms with E-state index in [0.717, 1.165) is 17.7 Å². The van der Waals surface area contributed by atoms with E-state index in [1.54, 1.807) is 31.4 Å². The quantitative estimate of drug-likeness (QED) is 0.357. The molecule has 7 nitrogen and oxygen atoms in total. The van der Waals surface area contributed by atoms with Crippen molar-refractivity contribution >= 4 is 24.9 Å². The largest absolute Gasteiger partial charge is 0.496 e. The molecule has 34 heavy (non-hydrogen) atoms. The van der Waals surface area contributed by atoms with E-state index in [1.165, 1.54) is 25.5 Å². The van der Waals surface area contributed by atoms with E-state index in [4.69, 9.17) is 23.4 Å². The number of hydrogen-bond acceptors (Lipinski definition) is 6. The van der Waals surface area contributed by atoms with Gasteiger partial charge in [-0.2, -0.15) is 0 Å². The zero-order chi connectivity index (χ0) is 24.9. The number of hydrogen-bond donors (Lipinski definition) is 1. The average Bonchev–Trinajstić information content (AvgIpc) is 3.29. The summed E-state index contributed by atoms with van der Waals surface area (Å²) in [5.41, 5.74) is 1.38. The third-order valence-electron chi connectivity index (χ3n) is 5.81. The van der Waals surface area contributed by atoms with Crippen LogP contribution in [0.25, 0.3) is 0 Å². The number of aryl methyl sites for hydroxylation is 1. The van der Waals surface area contributed by atoms with Gasteiger partial charge in [0, 0.05) is 18.2 Å². The highest BCUT2D eigenvalue weighted by Gasteiger charge is 2.24. The molecule has 0 aliphatic carbocycles. The van der Waals surface area contributed by atoms with Gasteiger partial charge in [0.2, 0.25) is 0 Å². The van der Waals surface area contributed by atoms with Crippen LogP contribution in [-0.4, -0.2) is 35.3 Å². The van der Waals surface area contributed by atoms with Crippen molar-refractivity contribution in [3.8, 4) is 28.9 Å². The van der Waals surface area contributed by atoms with E-state index in [-0.39, 0.29) is 11.7 Å². The number of methoxy groups -OCH3 is 3. The molecule has 0 aliphatic rings. The standard InChI is InChI=1S/C26H33NO6Si/c1-8-13-34(6,7)19-10-9-17(2)21(16-19)33-24-12-11-20(32-24)26(28)27-25-22(30-4)14-18(29-3)15-23(25)31-5/h9-12,14-16H,8,13H2,1-7H3,(H,27,28). The first-order valence-corrected chi connectivity index (χ1v) is 14.4. The Morgan fingerprint density at radius 2 is 1.62 bits per heavy atom. The predicted octanol–water partition coefficient (Wildman–Crippen LogP) is 5.98. The monoisotopic (exact) mass is 483 g/mol. The van der Waals surface area contributed by atoms with Gasteiger partial charge in [-0.1, -0.05) is 49.8 Å². The van der Waals surface area contributed by atoms with Gasteiger partial charge < -0.3 is 28.7 Å². The highest BCUT2D eigenvalue weighted by Crippen LogP contribution is 2.39. The lowest BCUT2D eigenvalue weighted by Crippen LogP contribution is -2.40. The van der Waals surface area contributed by atoms with Crippen LogP contribution >= 0.6 is 0 Å². The molecule has 182 valence electrons. The van der Waals surface area contributed by atoms with Crippen molar-refractivity contribution in [2.24, 2.45) is 0 Å². The van der Waals surface area contributed by atoms with Gasteiger partial charge in [0.15, 0.2) is 5.76 Å². The minimum Gasteiger partial charge on any atom is -0.496 e. The minimum atomic E-state index is -1.54. The van der Waals surface area contributed by atoms with Crippen molar-refractivity contribution in [1.82, 2.24) is 0 Å². The Bertz CT molecular complexity index is 1130. The summed E-state index contributed by atoms with van der Waals surface area (Å²) in [6, 6.07) is 14.1. The van der Waals surface area contributed by atoms with Gasteiger partial charge in [-0.15, -0.1) is 0 Å². The minimum absolute atomic E-state index is 0.101. The fourth-order valence-corrected chi connectivity index (χ4v) is 6.40. The highest BCUT2D eigenvalue weighted by atomic mass is 28.3. The molecule has 0 radical (unpaired) electrons. The van der Waals surface area contributed by atoms with Crippen LogP contribution in [0.5, 0.6) is 28.9 Å². The van der Waals surface area contributed by atoms with Crippen LogP contribution in [0.3, 0.4) is 0 Å². The fraction of sp³-hybridized carbons (Fsp3) is 0.346. The van der Waals surface area contributed by atoms with E-state index in [1.807, 2.05) is 6.92 Å². The van der Waals surface area contributed by atoms with Crippen LogP contribution in [0.1, 0.15) is 29.5 Å². The molecule has 1 heterocycles. The molecule has 0 saturated carbocycles. The Balaban J connectivity index is 1.81. The summed E-state index contributed by atoms with van der Waals surface area (Å²) in [5, 5.41) is 4.12. The maximum Gasteiger partial charge on any atom is 0.291 e. The number of carbonyl (C=O) groups excluding carboxylic acids is 1. The molecule has 0 spiro atoms. The molecule has 1 amide bonds. The van der Waals surface area contributed by atoms with Gasteiger partial charge in [-0.25, -0.2) is 0 Å². The molecule has 2 aromatic carbocycles. The number of benzene rings is 2. The molecule has 0 unspecified atom stereocenters. The van der Waals surface area contributed by atoms with Crippen LogP contribution in [0.4, 0.5) is 5.69 Å². The summed E-state index contributed by atoms with van der Waals surface area (Å²) in [7, 11) is 3.01. The Morgan fingerprint density at radius 3 is 2.21 bits per heavy atom. The summed E-state index contributed by atoms with van der Waals surface area (Å²) >= 11 is 0. The summed E-state index contributed by atoms with van der Waals surface area (Å²) in [4.78, 5) is 12.9. The second-order valence-electron chi connectivity index (χ2n) is 8.70. The van der Waals surface area contributed by atoms with E-state index in [9.17, 15) is 4.79 Å². The molecule has 0 bridgehead atoms. The molecule has 0 fully saturated rings. The van der Waals surface area contributed by atoms with Crippen molar-refractivity contribution in [2.45, 2.75) is 39.4 Å². The zero-order valence-corrected chi connectivity index (χ0v) is 21.9. The van der Waals surface area contributed by atoms with E-state index >= 15 is 0 Å². The third-order valence-corrected chi connectivity index (χ3v) is 9.44. The van der Waals surface area contributed by atoms with E-state index in [2.05, 4.69) is 43.5 Å². The Hall–Kier alpha value is -3.39. The third kappa shape index (κ3) is 5.56. The van der Waals surface area contributed by atoms with Gasteiger partial charge >= 0.3 is 0 Å². The maximum absolute atomic E-state index is 12.9. The molecule has 1 aromatic heterocycles. The lowest BCUT2D eigenvalue weighted by atomic mass is 10.2. The molecule has 8 heteroatoms. The summed E-state index contributed by atoms with van der Waals surface area (Å²) < 4.78 is 27.8. The first-order valence-electron chi connectivity index (χ1n) is 11.2. The van der Waals surface area contributed by atoms with Crippen LogP contribution in [0.15, 0.2) is 46.9 Å². The first-order chi connectivity index (χ1) is 16.2. The first kappa shape index (κ1) is 25.2. The average molecular weight is 484 g/mol. The molecule has 0 saturated heterocycles. The normalized spacial score (nSPS) is 11.1. The van der Waals surface area contributed by atoms with Gasteiger partial charge in [0.05, 0.1) is 29.4 Å². The Kier molecular flexibility index (Phi) is 7.93. The second kappa shape index (κ2) is 10.7. The molecule has 0 atom stereocenters. The SMILES string of the molecule is CCC[Si](C)(C)c1ccc(C)c(Oc2ccc(C(=O)Nc3c(OC)cc(OC)cc3OC)o2)c1. The van der Waals surface area contributed by atoms with Crippen LogP contribution in [0.2, 0.25) is 19.1 Å². The summed E-state index contributed by atoms with van der Waals surface area (Å²) in [5.74, 6) is 1.96. The fourth-order valence-electron chi connectivity index (χ4n) is 3.81. The number of anilines is 1. The summed E-state index contributed by atoms with van der Waals surface area (Å²) in [6.45, 7) is 8.93. The van der Waals surface area contributed by atoms with Gasteiger partial charge in [-0.05, 0) is 24.6 Å². The molecule has 3 aromatic rings. The van der Waals surface area contributed by atoms with Gasteiger partial charge in [0.1, 0.15) is 28.7 Å². The van der Waals surface area contributed by atoms with Crippen LogP contribution in [0, 0.1) is 6.92 Å². The number of nitrogens with one attached hydrogen (secondary N) is 1. The Morgan fingerprint density at radius 1 is 0.941 bits per heavy atom. The highest BCUT2D eigenvalue weighted by molar-refractivity contribution is 6.89. The molecule has 3 rings (SSSR count).